The van der Waals surface area contributed by atoms with Crippen LogP contribution in [0.25, 0.3) is 0 Å². The highest BCUT2D eigenvalue weighted by Crippen LogP contribution is 2.39. The van der Waals surface area contributed by atoms with Crippen LogP contribution in [0.4, 0.5) is 5.82 Å². The minimum atomic E-state index is -3.94. The summed E-state index contributed by atoms with van der Waals surface area (Å²) >= 11 is 2.79. The molecule has 0 bridgehead atoms. The van der Waals surface area contributed by atoms with Gasteiger partial charge in [0.2, 0.25) is 0 Å². The van der Waals surface area contributed by atoms with Crippen molar-refractivity contribution in [2.45, 2.75) is 31.5 Å². The lowest BCUT2D eigenvalue weighted by molar-refractivity contribution is -0.0550. The number of rotatable bonds is 2. The first-order valence-electron chi connectivity index (χ1n) is 6.21. The lowest BCUT2D eigenvalue weighted by Gasteiger charge is -2.17. The molecular weight excluding hydrogens is 353 g/mol. The molecule has 1 aromatic heterocycles. The number of ether oxygens (including phenoxy) is 1. The molecule has 1 fully saturated rings. The Kier molecular flexibility index (Phi) is 6.74. The fourth-order valence-electron chi connectivity index (χ4n) is 1.87. The predicted molar refractivity (Wildman–Crippen MR) is 81.7 cm³/mol. The molecule has 4 atom stereocenters. The van der Waals surface area contributed by atoms with Gasteiger partial charge in [0.25, 0.3) is 0 Å². The summed E-state index contributed by atoms with van der Waals surface area (Å²) in [6.45, 7) is -2.75. The normalized spacial score (nSPS) is 27.4. The van der Waals surface area contributed by atoms with E-state index in [-0.39, 0.29) is 5.82 Å². The maximum Gasteiger partial charge on any atom is 0.380 e. The second-order valence-electron chi connectivity index (χ2n) is 4.74. The lowest BCUT2D eigenvalue weighted by atomic mass is 10.1. The van der Waals surface area contributed by atoms with Crippen LogP contribution in [0.1, 0.15) is 11.8 Å². The van der Waals surface area contributed by atoms with Crippen molar-refractivity contribution < 1.29 is 34.4 Å². The van der Waals surface area contributed by atoms with Gasteiger partial charge < -0.3 is 35.6 Å². The Hall–Kier alpha value is -0.980. The van der Waals surface area contributed by atoms with E-state index in [1.807, 2.05) is 0 Å². The van der Waals surface area contributed by atoms with Gasteiger partial charge in [-0.1, -0.05) is 12.2 Å². The first-order valence-corrected chi connectivity index (χ1v) is 8.98. The van der Waals surface area contributed by atoms with Crippen LogP contribution < -0.4 is 11.4 Å². The zero-order valence-electron chi connectivity index (χ0n) is 11.9. The summed E-state index contributed by atoms with van der Waals surface area (Å²) in [5.41, 5.74) is 5.35. The van der Waals surface area contributed by atoms with Crippen LogP contribution in [0.15, 0.2) is 11.0 Å². The van der Waals surface area contributed by atoms with E-state index in [4.69, 9.17) is 25.4 Å². The molecule has 0 amide bonds. The average Bonchev–Trinajstić information content (AvgIpc) is 2.69. The Bertz CT molecular complexity index is 641. The van der Waals surface area contributed by atoms with E-state index in [1.165, 1.54) is 6.20 Å². The zero-order valence-corrected chi connectivity index (χ0v) is 13.7. The van der Waals surface area contributed by atoms with E-state index in [1.54, 1.807) is 6.92 Å². The predicted octanol–water partition coefficient (Wildman–Crippen LogP) is -2.25. The molecule has 0 spiro atoms. The summed E-state index contributed by atoms with van der Waals surface area (Å²) in [6.07, 6.45) is -3.20. The largest absolute Gasteiger partial charge is 0.394 e. The van der Waals surface area contributed by atoms with Crippen LogP contribution in [0.3, 0.4) is 0 Å². The van der Waals surface area contributed by atoms with Crippen LogP contribution >= 0.6 is 19.0 Å². The molecule has 13 heteroatoms. The third-order valence-corrected chi connectivity index (χ3v) is 2.97. The molecule has 1 aliphatic rings. The minimum Gasteiger partial charge on any atom is -0.394 e. The summed E-state index contributed by atoms with van der Waals surface area (Å²) in [5, 5.41) is 28.4. The molecule has 0 aliphatic carbocycles. The van der Waals surface area contributed by atoms with Crippen LogP contribution in [0, 0.1) is 6.92 Å². The van der Waals surface area contributed by atoms with E-state index >= 15 is 0 Å². The first-order chi connectivity index (χ1) is 10.5. The Balaban J connectivity index is 0.000000463. The van der Waals surface area contributed by atoms with Crippen molar-refractivity contribution in [3.8, 4) is 0 Å². The number of nitrogens with zero attached hydrogens (tertiary/aromatic N) is 2. The van der Waals surface area contributed by atoms with Crippen molar-refractivity contribution in [3.05, 3.63) is 22.2 Å². The zero-order chi connectivity index (χ0) is 17.9. The molecule has 7 N–H and O–H groups in total. The summed E-state index contributed by atoms with van der Waals surface area (Å²) in [5.74, 6) is 0.1000. The third-order valence-electron chi connectivity index (χ3n) is 2.97. The summed E-state index contributed by atoms with van der Waals surface area (Å²) in [6, 6.07) is 0. The highest BCUT2D eigenvalue weighted by Gasteiger charge is 2.43. The van der Waals surface area contributed by atoms with Gasteiger partial charge in [0.15, 0.2) is 6.23 Å². The molecule has 11 nitrogen and oxygen atoms in total. The van der Waals surface area contributed by atoms with Crippen molar-refractivity contribution in [1.82, 2.24) is 9.55 Å². The molecule has 132 valence electrons. The first kappa shape index (κ1) is 20.1. The monoisotopic (exact) mass is 371 g/mol. The number of aliphatic hydroxyl groups is 3. The molecule has 0 radical (unpaired) electrons. The quantitative estimate of drug-likeness (QED) is 0.221. The number of thiol groups is 1. The fraction of sp³-hybridized carbons (Fsp3) is 0.600. The van der Waals surface area contributed by atoms with Crippen LogP contribution in [-0.4, -0.2) is 59.6 Å². The molecule has 1 aromatic rings. The van der Waals surface area contributed by atoms with Gasteiger partial charge in [-0.2, -0.15) is 4.98 Å². The van der Waals surface area contributed by atoms with Crippen molar-refractivity contribution in [3.63, 3.8) is 0 Å². The number of anilines is 1. The second-order valence-corrected chi connectivity index (χ2v) is 7.33. The Morgan fingerprint density at radius 3 is 2.39 bits per heavy atom. The Morgan fingerprint density at radius 1 is 1.43 bits per heavy atom. The van der Waals surface area contributed by atoms with Gasteiger partial charge >= 0.3 is 12.5 Å². The number of aliphatic hydroxyl groups excluding tert-OH is 3. The van der Waals surface area contributed by atoms with Crippen LogP contribution in [0.5, 0.6) is 0 Å². The number of aromatic nitrogens is 2. The maximum absolute atomic E-state index is 11.7. The van der Waals surface area contributed by atoms with Crippen LogP contribution in [0.2, 0.25) is 0 Å². The summed E-state index contributed by atoms with van der Waals surface area (Å²) < 4.78 is 15.5. The van der Waals surface area contributed by atoms with Gasteiger partial charge in [0.05, 0.1) is 6.61 Å². The van der Waals surface area contributed by atoms with E-state index < -0.39 is 43.6 Å². The lowest BCUT2D eigenvalue weighted by Crippen LogP contribution is -2.36. The number of nitrogen functional groups attached to an aromatic ring is 1. The number of hydrogen-bond donors (Lipinski definition) is 7. The van der Waals surface area contributed by atoms with Crippen LogP contribution in [-0.2, 0) is 9.30 Å². The van der Waals surface area contributed by atoms with Gasteiger partial charge in [0.1, 0.15) is 24.1 Å². The third kappa shape index (κ3) is 5.55. The molecule has 0 unspecified atom stereocenters. The molecule has 0 aromatic carbocycles. The van der Waals surface area contributed by atoms with Gasteiger partial charge in [-0.05, 0) is 6.92 Å². The molecule has 2 heterocycles. The van der Waals surface area contributed by atoms with E-state index in [2.05, 4.69) is 17.2 Å². The van der Waals surface area contributed by atoms with Gasteiger partial charge in [-0.15, -0.1) is 0 Å². The second kappa shape index (κ2) is 7.73. The van der Waals surface area contributed by atoms with Crippen molar-refractivity contribution in [2.75, 3.05) is 12.3 Å². The molecule has 2 rings (SSSR count). The van der Waals surface area contributed by atoms with Gasteiger partial charge in [-0.3, -0.25) is 4.57 Å². The van der Waals surface area contributed by atoms with E-state index in [0.29, 0.717) is 5.56 Å². The molecule has 1 aliphatic heterocycles. The smallest absolute Gasteiger partial charge is 0.380 e. The summed E-state index contributed by atoms with van der Waals surface area (Å²) in [4.78, 5) is 30.2. The molecule has 1 saturated heterocycles. The Labute approximate surface area is 135 Å². The van der Waals surface area contributed by atoms with Crippen molar-refractivity contribution in [1.29, 1.82) is 0 Å². The minimum absolute atomic E-state index is 0.1000. The van der Waals surface area contributed by atoms with E-state index in [0.717, 1.165) is 4.57 Å². The van der Waals surface area contributed by atoms with Crippen molar-refractivity contribution in [2.24, 2.45) is 0 Å². The van der Waals surface area contributed by atoms with Gasteiger partial charge in [-0.25, -0.2) is 9.36 Å². The molecular formula is C10H18N3O8PS. The summed E-state index contributed by atoms with van der Waals surface area (Å²) in [7, 11) is 0. The van der Waals surface area contributed by atoms with Crippen molar-refractivity contribution >= 4 is 24.9 Å². The Morgan fingerprint density at radius 2 is 1.96 bits per heavy atom. The number of nitrogens with two attached hydrogens (primary N) is 1. The highest BCUT2D eigenvalue weighted by molar-refractivity contribution is 8.43. The number of hydrogen-bond acceptors (Lipinski definition) is 8. The number of aryl methyl sites for hydroxylation is 1. The maximum atomic E-state index is 11.7. The average molecular weight is 371 g/mol. The standard InChI is InChI=1S/C10H15N3O5.H3O3PS/c1-4-2-13(10(17)12-8(4)11)9-7(16)6(15)5(3-14)18-9;1-4(2,3)5/h2,5-7,9,14-16H,3H2,1H3,(H2,11,12,17);(H3,1,2,3,5)/t5-,6-,7-,9-;/m1./s1. The van der Waals surface area contributed by atoms with E-state index in [9.17, 15) is 19.6 Å². The topological polar surface area (TPSA) is 188 Å². The van der Waals surface area contributed by atoms with Gasteiger partial charge in [0, 0.05) is 11.8 Å². The fourth-order valence-corrected chi connectivity index (χ4v) is 1.87. The highest BCUT2D eigenvalue weighted by atomic mass is 32.7. The molecule has 23 heavy (non-hydrogen) atoms. The SMILES string of the molecule is Cc1cn([C@@H]2O[C@H](CO)[C@@H](O)[C@H]2O)c(=O)nc1N.O=P(O)(O)S. The molecule has 0 saturated carbocycles.